The van der Waals surface area contributed by atoms with Gasteiger partial charge in [0.05, 0.1) is 29.4 Å². The van der Waals surface area contributed by atoms with E-state index in [0.717, 1.165) is 10.6 Å². The molecule has 1 unspecified atom stereocenters. The summed E-state index contributed by atoms with van der Waals surface area (Å²) in [7, 11) is 1.46. The fraction of sp³-hybridized carbons (Fsp3) is 0.174. The van der Waals surface area contributed by atoms with Crippen molar-refractivity contribution in [3.63, 3.8) is 0 Å². The van der Waals surface area contributed by atoms with Crippen molar-refractivity contribution >= 4 is 45.5 Å². The molecule has 0 radical (unpaired) electrons. The van der Waals surface area contributed by atoms with E-state index in [1.54, 1.807) is 13.0 Å². The third-order valence-electron chi connectivity index (χ3n) is 5.28. The molecule has 32 heavy (non-hydrogen) atoms. The van der Waals surface area contributed by atoms with Crippen molar-refractivity contribution in [1.29, 1.82) is 0 Å². The number of ketones is 1. The van der Waals surface area contributed by atoms with Crippen LogP contribution in [0.3, 0.4) is 0 Å². The van der Waals surface area contributed by atoms with Gasteiger partial charge in [-0.25, -0.2) is 9.37 Å². The number of nitrogens with zero attached hydrogens (tertiary/aromatic N) is 2. The average Bonchev–Trinajstić information content (AvgIpc) is 3.23. The maximum atomic E-state index is 13.6. The molecule has 0 aliphatic carbocycles. The van der Waals surface area contributed by atoms with Crippen LogP contribution in [0.15, 0.2) is 48.0 Å². The molecule has 164 valence electrons. The van der Waals surface area contributed by atoms with Gasteiger partial charge in [-0.15, -0.1) is 11.3 Å². The van der Waals surface area contributed by atoms with Crippen molar-refractivity contribution in [3.8, 4) is 5.75 Å². The largest absolute Gasteiger partial charge is 0.507 e. The Morgan fingerprint density at radius 2 is 1.88 bits per heavy atom. The number of aromatic nitrogens is 1. The summed E-state index contributed by atoms with van der Waals surface area (Å²) in [6.07, 6.45) is 0. The quantitative estimate of drug-likeness (QED) is 0.321. The average molecular weight is 473 g/mol. The topological polar surface area (TPSA) is 79.7 Å². The van der Waals surface area contributed by atoms with Crippen molar-refractivity contribution in [2.75, 3.05) is 12.0 Å². The molecule has 1 fully saturated rings. The standard InChI is InChI=1S/C23H18ClFN2O4S/c1-11-12(2)32-23(26-11)27-19(13-4-7-15(25)8-5-13)18(21(29)22(27)30)20(28)14-6-9-17(31-3)16(24)10-14/h4-10,19,28H,1-3H3. The molecule has 0 saturated carbocycles. The van der Waals surface area contributed by atoms with Crippen molar-refractivity contribution in [2.45, 2.75) is 19.9 Å². The number of ether oxygens (including phenoxy) is 1. The molecular weight excluding hydrogens is 455 g/mol. The summed E-state index contributed by atoms with van der Waals surface area (Å²) in [5.74, 6) is -2.15. The molecule has 1 amide bonds. The lowest BCUT2D eigenvalue weighted by Gasteiger charge is -2.23. The molecule has 0 bridgehead atoms. The highest BCUT2D eigenvalue weighted by Crippen LogP contribution is 2.44. The number of carbonyl (C=O) groups is 2. The van der Waals surface area contributed by atoms with Gasteiger partial charge in [0.15, 0.2) is 5.13 Å². The molecule has 3 aromatic rings. The SMILES string of the molecule is COc1ccc(C(O)=C2C(=O)C(=O)N(c3nc(C)c(C)s3)C2c2ccc(F)cc2)cc1Cl. The third-order valence-corrected chi connectivity index (χ3v) is 6.65. The number of hydrogen-bond donors (Lipinski definition) is 1. The van der Waals surface area contributed by atoms with Crippen LogP contribution in [0.25, 0.3) is 5.76 Å². The van der Waals surface area contributed by atoms with Gasteiger partial charge >= 0.3 is 5.91 Å². The van der Waals surface area contributed by atoms with Crippen LogP contribution in [0.5, 0.6) is 5.75 Å². The van der Waals surface area contributed by atoms with Gasteiger partial charge in [-0.05, 0) is 49.7 Å². The number of halogens is 2. The summed E-state index contributed by atoms with van der Waals surface area (Å²) in [5, 5.41) is 11.7. The number of carbonyl (C=O) groups excluding carboxylic acids is 2. The lowest BCUT2D eigenvalue weighted by Crippen LogP contribution is -2.29. The normalized spacial score (nSPS) is 17.8. The number of anilines is 1. The Hall–Kier alpha value is -3.23. The molecule has 0 spiro atoms. The van der Waals surface area contributed by atoms with E-state index >= 15 is 0 Å². The van der Waals surface area contributed by atoms with Crippen molar-refractivity contribution in [3.05, 3.63) is 80.6 Å². The van der Waals surface area contributed by atoms with Crippen molar-refractivity contribution in [2.24, 2.45) is 0 Å². The Bertz CT molecular complexity index is 1250. The zero-order chi connectivity index (χ0) is 23.2. The second-order valence-corrected chi connectivity index (χ2v) is 8.80. The first-order valence-corrected chi connectivity index (χ1v) is 10.8. The Morgan fingerprint density at radius 1 is 1.19 bits per heavy atom. The summed E-state index contributed by atoms with van der Waals surface area (Å²) >= 11 is 7.45. The van der Waals surface area contributed by atoms with Crippen LogP contribution in [0.1, 0.15) is 27.7 Å². The Balaban J connectivity index is 1.94. The molecule has 1 saturated heterocycles. The molecule has 4 rings (SSSR count). The highest BCUT2D eigenvalue weighted by atomic mass is 35.5. The lowest BCUT2D eigenvalue weighted by atomic mass is 9.95. The molecule has 2 heterocycles. The van der Waals surface area contributed by atoms with E-state index in [0.29, 0.717) is 16.4 Å². The molecule has 1 aliphatic rings. The minimum absolute atomic E-state index is 0.131. The Labute approximate surface area is 192 Å². The molecule has 6 nitrogen and oxygen atoms in total. The Morgan fingerprint density at radius 3 is 2.44 bits per heavy atom. The van der Waals surface area contributed by atoms with Gasteiger partial charge in [-0.1, -0.05) is 23.7 Å². The number of benzene rings is 2. The summed E-state index contributed by atoms with van der Waals surface area (Å²) in [5.41, 5.74) is 1.30. The van der Waals surface area contributed by atoms with E-state index in [2.05, 4.69) is 4.98 Å². The number of hydrogen-bond acceptors (Lipinski definition) is 6. The third kappa shape index (κ3) is 3.65. The molecule has 1 aliphatic heterocycles. The molecule has 1 aromatic heterocycles. The first-order chi connectivity index (χ1) is 15.2. The minimum atomic E-state index is -0.985. The molecule has 9 heteroatoms. The number of aliphatic hydroxyl groups is 1. The summed E-state index contributed by atoms with van der Waals surface area (Å²) < 4.78 is 18.7. The predicted molar refractivity (Wildman–Crippen MR) is 121 cm³/mol. The number of aliphatic hydroxyl groups excluding tert-OH is 1. The lowest BCUT2D eigenvalue weighted by molar-refractivity contribution is -0.132. The fourth-order valence-corrected chi connectivity index (χ4v) is 4.71. The zero-order valence-electron chi connectivity index (χ0n) is 17.3. The number of methoxy groups -OCH3 is 1. The second kappa shape index (κ2) is 8.37. The van der Waals surface area contributed by atoms with Gasteiger partial charge in [0.2, 0.25) is 0 Å². The van der Waals surface area contributed by atoms with E-state index in [1.807, 2.05) is 6.92 Å². The van der Waals surface area contributed by atoms with Crippen molar-refractivity contribution in [1.82, 2.24) is 4.98 Å². The van der Waals surface area contributed by atoms with Gasteiger partial charge in [0, 0.05) is 10.4 Å². The number of Topliss-reactive ketones (excluding diaryl/α,β-unsaturated/α-hetero) is 1. The van der Waals surface area contributed by atoms with Gasteiger partial charge in [0.1, 0.15) is 17.3 Å². The first kappa shape index (κ1) is 22.0. The van der Waals surface area contributed by atoms with Crippen LogP contribution in [-0.4, -0.2) is 28.9 Å². The molecule has 1 N–H and O–H groups in total. The molecule has 1 atom stereocenters. The maximum Gasteiger partial charge on any atom is 0.301 e. The summed E-state index contributed by atoms with van der Waals surface area (Å²) in [4.78, 5) is 32.7. The van der Waals surface area contributed by atoms with E-state index in [4.69, 9.17) is 16.3 Å². The van der Waals surface area contributed by atoms with Crippen LogP contribution >= 0.6 is 22.9 Å². The highest BCUT2D eigenvalue weighted by molar-refractivity contribution is 7.16. The first-order valence-electron chi connectivity index (χ1n) is 9.57. The van der Waals surface area contributed by atoms with Crippen LogP contribution in [0.2, 0.25) is 5.02 Å². The number of rotatable bonds is 4. The van der Waals surface area contributed by atoms with E-state index < -0.39 is 29.3 Å². The summed E-state index contributed by atoms with van der Waals surface area (Å²) in [6, 6.07) is 8.96. The maximum absolute atomic E-state index is 13.6. The van der Waals surface area contributed by atoms with Crippen LogP contribution in [0.4, 0.5) is 9.52 Å². The van der Waals surface area contributed by atoms with Gasteiger partial charge < -0.3 is 9.84 Å². The van der Waals surface area contributed by atoms with E-state index in [-0.39, 0.29) is 16.2 Å². The second-order valence-electron chi connectivity index (χ2n) is 7.21. The van der Waals surface area contributed by atoms with Gasteiger partial charge in [-0.3, -0.25) is 14.5 Å². The molecular formula is C23H18ClFN2O4S. The number of amides is 1. The van der Waals surface area contributed by atoms with Crippen LogP contribution in [0, 0.1) is 19.7 Å². The Kier molecular flexibility index (Phi) is 5.75. The van der Waals surface area contributed by atoms with E-state index in [9.17, 15) is 19.1 Å². The summed E-state index contributed by atoms with van der Waals surface area (Å²) in [6.45, 7) is 3.66. The minimum Gasteiger partial charge on any atom is -0.507 e. The fourth-order valence-electron chi connectivity index (χ4n) is 3.52. The van der Waals surface area contributed by atoms with Gasteiger partial charge in [-0.2, -0.15) is 0 Å². The van der Waals surface area contributed by atoms with Crippen LogP contribution in [-0.2, 0) is 9.59 Å². The van der Waals surface area contributed by atoms with E-state index in [1.165, 1.54) is 59.7 Å². The highest BCUT2D eigenvalue weighted by Gasteiger charge is 2.48. The number of aryl methyl sites for hydroxylation is 2. The predicted octanol–water partition coefficient (Wildman–Crippen LogP) is 5.19. The van der Waals surface area contributed by atoms with Crippen LogP contribution < -0.4 is 9.64 Å². The monoisotopic (exact) mass is 472 g/mol. The zero-order valence-corrected chi connectivity index (χ0v) is 18.9. The number of thiazole rings is 1. The van der Waals surface area contributed by atoms with Crippen molar-refractivity contribution < 1.29 is 23.8 Å². The smallest absolute Gasteiger partial charge is 0.301 e. The molecule has 2 aromatic carbocycles. The van der Waals surface area contributed by atoms with Gasteiger partial charge in [0.25, 0.3) is 5.78 Å².